The first kappa shape index (κ1) is 100. The Morgan fingerprint density at radius 1 is 0.188 bits per heavy atom. The Hall–Kier alpha value is -15.4. The molecule has 12 aromatic heterocycles. The van der Waals surface area contributed by atoms with Gasteiger partial charge in [-0.3, -0.25) is 0 Å². The van der Waals surface area contributed by atoms with Crippen LogP contribution >= 0.6 is 0 Å². The molecule has 0 aliphatic carbocycles. The SMILES string of the molecule is CC(C)c1cccc(C(C)C)c1-n1c(-c2cccc(-c3n(-c4c(C(C)C)cccc4C(C)C)c4ccccc4[n+]3C)[n+]2C)[n+](C)c2ccccc21.CC(C)c1cccc(C(C)C)c1-n1cc[n+](C)c1-c1cccc(-c2n(-c3c(C(C)C)cccc3C(C)C)cc[n+]2C)[n+]1C.C[n+]1c(-n2ccc[n+]2C)cccc1-n1ccc[n+]1C.C[n+]1ccn(-c2ccccc2)c1-c1cccc(-c2n(-c3ccccc3)cc[n+]2C)[n+]1C. The van der Waals surface area contributed by atoms with Crippen LogP contribution in [-0.2, 0) is 84.6 Å². The molecule has 0 N–H and O–H groups in total. The highest BCUT2D eigenvalue weighted by Crippen LogP contribution is 2.42. The zero-order valence-electron chi connectivity index (χ0n) is 89.9. The van der Waals surface area contributed by atoms with Gasteiger partial charge in [-0.25, -0.2) is 32.0 Å². The summed E-state index contributed by atoms with van der Waals surface area (Å²) in [5, 5.41) is 0. The molecule has 8 aromatic carbocycles. The van der Waals surface area contributed by atoms with Crippen molar-refractivity contribution in [3.8, 4) is 115 Å². The molecular formula is C124H148N20+12. The molecule has 0 saturated carbocycles. The summed E-state index contributed by atoms with van der Waals surface area (Å²) in [6, 6.07) is 96.3. The molecule has 0 radical (unpaired) electrons. The third-order valence-corrected chi connectivity index (χ3v) is 28.9. The molecule has 20 rings (SSSR count). The van der Waals surface area contributed by atoms with Crippen LogP contribution < -0.4 is 55.0 Å². The number of pyridine rings is 4. The lowest BCUT2D eigenvalue weighted by Gasteiger charge is -2.18. The third-order valence-electron chi connectivity index (χ3n) is 28.9. The molecule has 0 aliphatic heterocycles. The van der Waals surface area contributed by atoms with E-state index in [1.807, 2.05) is 50.8 Å². The van der Waals surface area contributed by atoms with E-state index in [9.17, 15) is 0 Å². The summed E-state index contributed by atoms with van der Waals surface area (Å²) in [4.78, 5) is 0. The maximum atomic E-state index is 2.54. The van der Waals surface area contributed by atoms with Crippen LogP contribution in [0.5, 0.6) is 0 Å². The first-order valence-electron chi connectivity index (χ1n) is 51.2. The van der Waals surface area contributed by atoms with Crippen LogP contribution in [0.15, 0.2) is 341 Å². The number of hydrogen-bond donors (Lipinski definition) is 0. The molecule has 0 unspecified atom stereocenters. The molecule has 0 spiro atoms. The van der Waals surface area contributed by atoms with Gasteiger partial charge in [0.05, 0.1) is 49.3 Å². The standard InChI is InChI=1S/C46H54N5.C38H50N5.C26H26N5.C14H18N5/c1-29(2)33-19-16-20-34(30(3)4)43(33)50-39-25-14-12-23-37(39)48(10)45(50)41-27-18-28-42(47(41)9)46-49(11)38-24-13-15-26-40(38)51(46)44-35(31(5)6)21-17-22-36(44)32(7)8;1-25(2)29-15-12-16-30(26(3)4)35(29)42-23-21-39(9)37(42)33-19-14-20-34(41(33)11)38-40(10)22-24-43(38)36-31(27(5)6)17-13-18-32(36)28(7)8;1-27-17-19-30(21-11-6-4-7-12-21)25(27)23-15-10-16-24(29(23)3)26-28(2)18-20-31(26)22-13-8-5-9-14-22;1-15-9-5-11-18(15)13-7-4-8-14(17(13)3)19-12-6-10-16(19)2/h12-32H,1-11H3;12-28H,1-11H3;4-20H,1-3H3;4-12H,1-3H3/q4*+3. The fourth-order valence-electron chi connectivity index (χ4n) is 21.3. The first-order chi connectivity index (χ1) is 69.2. The van der Waals surface area contributed by atoms with Crippen LogP contribution in [-0.4, -0.2) is 36.8 Å². The van der Waals surface area contributed by atoms with Crippen molar-refractivity contribution in [2.75, 3.05) is 0 Å². The van der Waals surface area contributed by atoms with E-state index in [1.165, 1.54) is 89.3 Å². The number of fused-ring (bicyclic) bond motifs is 2. The lowest BCUT2D eigenvalue weighted by atomic mass is 9.92. The number of para-hydroxylation sites is 10. The summed E-state index contributed by atoms with van der Waals surface area (Å²) < 4.78 is 45.5. The van der Waals surface area contributed by atoms with E-state index in [0.717, 1.165) is 92.1 Å². The maximum absolute atomic E-state index is 2.54. The molecule has 12 heterocycles. The highest BCUT2D eigenvalue weighted by molar-refractivity contribution is 5.82. The van der Waals surface area contributed by atoms with Crippen molar-refractivity contribution in [1.82, 2.24) is 36.8 Å². The average Bonchev–Trinajstić information content (AvgIpc) is 1.56. The van der Waals surface area contributed by atoms with Crippen LogP contribution in [0.2, 0.25) is 0 Å². The number of nitrogens with zero attached hydrogens (tertiary/aromatic N) is 20. The van der Waals surface area contributed by atoms with Gasteiger partial charge in [-0.05, 0) is 130 Å². The first-order valence-corrected chi connectivity index (χ1v) is 51.2. The van der Waals surface area contributed by atoms with Gasteiger partial charge in [0.1, 0.15) is 117 Å². The molecule has 144 heavy (non-hydrogen) atoms. The summed E-state index contributed by atoms with van der Waals surface area (Å²) in [5.74, 6) is 12.2. The smallest absolute Gasteiger partial charge is 0.227 e. The highest BCUT2D eigenvalue weighted by atomic mass is 15.5. The van der Waals surface area contributed by atoms with Crippen molar-refractivity contribution in [1.29, 1.82) is 0 Å². The number of imidazole rings is 6. The van der Waals surface area contributed by atoms with Crippen LogP contribution in [0.3, 0.4) is 0 Å². The number of rotatable bonds is 22. The van der Waals surface area contributed by atoms with Crippen molar-refractivity contribution >= 4 is 22.1 Å². The Morgan fingerprint density at radius 3 is 0.694 bits per heavy atom. The minimum Gasteiger partial charge on any atom is -0.227 e. The van der Waals surface area contributed by atoms with Crippen molar-refractivity contribution in [3.63, 3.8) is 0 Å². The second-order valence-electron chi connectivity index (χ2n) is 41.1. The molecule has 0 atom stereocenters. The predicted molar refractivity (Wildman–Crippen MR) is 575 cm³/mol. The summed E-state index contributed by atoms with van der Waals surface area (Å²) in [7, 11) is 25.6. The Labute approximate surface area is 851 Å². The normalized spacial score (nSPS) is 11.7. The van der Waals surface area contributed by atoms with Crippen LogP contribution in [0, 0.1) is 0 Å². The van der Waals surface area contributed by atoms with Crippen molar-refractivity contribution in [2.24, 2.45) is 84.6 Å². The van der Waals surface area contributed by atoms with E-state index in [4.69, 9.17) is 0 Å². The Morgan fingerprint density at radius 2 is 0.424 bits per heavy atom. The number of hydrogen-bond acceptors (Lipinski definition) is 0. The zero-order valence-corrected chi connectivity index (χ0v) is 89.9. The molecule has 0 aliphatic rings. The number of aromatic nitrogens is 20. The minimum atomic E-state index is 0.365. The van der Waals surface area contributed by atoms with Gasteiger partial charge in [0.25, 0.3) is 45.8 Å². The summed E-state index contributed by atoms with van der Waals surface area (Å²) >= 11 is 0. The summed E-state index contributed by atoms with van der Waals surface area (Å²) in [5.41, 5.74) is 30.1. The second kappa shape index (κ2) is 42.0. The molecular weight excluding hydrogens is 1770 g/mol. The zero-order chi connectivity index (χ0) is 102. The second-order valence-corrected chi connectivity index (χ2v) is 41.1. The largest absolute Gasteiger partial charge is 0.360 e. The van der Waals surface area contributed by atoms with Gasteiger partial charge in [0.2, 0.25) is 12.4 Å². The van der Waals surface area contributed by atoms with E-state index in [-0.39, 0.29) is 0 Å². The van der Waals surface area contributed by atoms with Gasteiger partial charge in [-0.15, -0.1) is 0 Å². The Kier molecular flexibility index (Phi) is 29.2. The Balaban J connectivity index is 0.000000138. The van der Waals surface area contributed by atoms with Crippen LogP contribution in [0.1, 0.15) is 203 Å². The van der Waals surface area contributed by atoms with Gasteiger partial charge < -0.3 is 0 Å². The van der Waals surface area contributed by atoms with Crippen LogP contribution in [0.4, 0.5) is 0 Å². The molecule has 0 fully saturated rings. The lowest BCUT2D eigenvalue weighted by Crippen LogP contribution is -2.49. The fraction of sp³-hybridized carbons (Fsp3) is 0.290. The molecule has 20 aromatic rings. The van der Waals surface area contributed by atoms with Crippen LogP contribution in [0.25, 0.3) is 137 Å². The van der Waals surface area contributed by atoms with Crippen molar-refractivity contribution < 1.29 is 55.0 Å². The van der Waals surface area contributed by atoms with E-state index in [0.29, 0.717) is 47.3 Å². The van der Waals surface area contributed by atoms with E-state index < -0.39 is 0 Å². The van der Waals surface area contributed by atoms with Crippen molar-refractivity contribution in [2.45, 2.75) is 158 Å². The van der Waals surface area contributed by atoms with E-state index in [1.54, 1.807) is 0 Å². The Bertz CT molecular complexity index is 7500. The van der Waals surface area contributed by atoms with E-state index in [2.05, 4.69) is 578 Å². The monoisotopic (exact) mass is 1920 g/mol. The molecule has 732 valence electrons. The highest BCUT2D eigenvalue weighted by Gasteiger charge is 2.43. The number of benzene rings is 8. The third kappa shape index (κ3) is 18.7. The molecule has 0 amide bonds. The molecule has 20 nitrogen and oxygen atoms in total. The lowest BCUT2D eigenvalue weighted by molar-refractivity contribution is -0.778. The minimum absolute atomic E-state index is 0.365. The van der Waals surface area contributed by atoms with E-state index >= 15 is 0 Å². The quantitative estimate of drug-likeness (QED) is 0.0606. The van der Waals surface area contributed by atoms with Gasteiger partial charge in [-0.2, -0.15) is 41.1 Å². The molecule has 0 bridgehead atoms. The van der Waals surface area contributed by atoms with Gasteiger partial charge in [-0.1, -0.05) is 254 Å². The van der Waals surface area contributed by atoms with Gasteiger partial charge >= 0.3 is 34.9 Å². The molecule has 0 saturated heterocycles. The predicted octanol–water partition coefficient (Wildman–Crippen LogP) is 20.3. The van der Waals surface area contributed by atoms with Gasteiger partial charge in [0, 0.05) is 105 Å². The van der Waals surface area contributed by atoms with Gasteiger partial charge in [0.15, 0.2) is 36.2 Å². The fourth-order valence-corrected chi connectivity index (χ4v) is 21.3. The topological polar surface area (TPSA) is 86.0 Å². The van der Waals surface area contributed by atoms with Crippen molar-refractivity contribution in [3.05, 3.63) is 386 Å². The average molecular weight is 1920 g/mol. The molecule has 20 heteroatoms. The maximum Gasteiger partial charge on any atom is 0.360 e. The summed E-state index contributed by atoms with van der Waals surface area (Å²) in [6.45, 7) is 36.9. The number of aryl methyl sites for hydroxylation is 8. The summed E-state index contributed by atoms with van der Waals surface area (Å²) in [6.07, 6.45) is 25.4.